The van der Waals surface area contributed by atoms with E-state index in [9.17, 15) is 14.4 Å². The molecule has 0 aliphatic heterocycles. The SMILES string of the molecule is CCc1ccccc1-n1c(=O)c(NC(=O)C(=N)C2CCCc3cc(OC)ccc3C2=O)c(C)n1C. The van der Waals surface area contributed by atoms with E-state index in [0.29, 0.717) is 36.3 Å². The van der Waals surface area contributed by atoms with Gasteiger partial charge in [-0.1, -0.05) is 25.1 Å². The van der Waals surface area contributed by atoms with E-state index >= 15 is 0 Å². The summed E-state index contributed by atoms with van der Waals surface area (Å²) in [5, 5.41) is 11.2. The fourth-order valence-corrected chi connectivity index (χ4v) is 4.71. The minimum atomic E-state index is -0.864. The van der Waals surface area contributed by atoms with Crippen LogP contribution in [0.15, 0.2) is 47.3 Å². The Morgan fingerprint density at radius 2 is 1.94 bits per heavy atom. The standard InChI is InChI=1S/C27H30N4O4/c1-5-17-9-6-7-12-22(17)31-27(34)24(16(2)30(31)3)29-26(33)23(28)21-11-8-10-18-15-19(35-4)13-14-20(18)25(21)32/h6-7,9,12-15,21,28H,5,8,10-11H2,1-4H3,(H,29,33). The van der Waals surface area contributed by atoms with E-state index in [2.05, 4.69) is 5.32 Å². The lowest BCUT2D eigenvalue weighted by molar-refractivity contribution is -0.110. The van der Waals surface area contributed by atoms with E-state index in [0.717, 1.165) is 23.2 Å². The average molecular weight is 475 g/mol. The van der Waals surface area contributed by atoms with Crippen LogP contribution < -0.4 is 15.6 Å². The molecule has 0 saturated heterocycles. The zero-order valence-corrected chi connectivity index (χ0v) is 20.5. The largest absolute Gasteiger partial charge is 0.497 e. The predicted octanol–water partition coefficient (Wildman–Crippen LogP) is 3.85. The molecule has 182 valence electrons. The molecule has 1 aliphatic carbocycles. The van der Waals surface area contributed by atoms with E-state index in [1.165, 1.54) is 4.68 Å². The number of para-hydroxylation sites is 1. The van der Waals surface area contributed by atoms with E-state index in [1.54, 1.807) is 37.9 Å². The maximum absolute atomic E-state index is 13.3. The van der Waals surface area contributed by atoms with Crippen LogP contribution in [0, 0.1) is 18.3 Å². The molecule has 2 N–H and O–H groups in total. The number of ketones is 1. The monoisotopic (exact) mass is 474 g/mol. The van der Waals surface area contributed by atoms with Gasteiger partial charge in [-0.3, -0.25) is 24.5 Å². The molecule has 1 amide bonds. The molecule has 4 rings (SSSR count). The first kappa shape index (κ1) is 24.2. The van der Waals surface area contributed by atoms with Crippen LogP contribution in [0.3, 0.4) is 0 Å². The summed E-state index contributed by atoms with van der Waals surface area (Å²) in [4.78, 5) is 39.7. The summed E-state index contributed by atoms with van der Waals surface area (Å²) in [6.07, 6.45) is 2.47. The van der Waals surface area contributed by atoms with Crippen molar-refractivity contribution in [2.24, 2.45) is 13.0 Å². The number of fused-ring (bicyclic) bond motifs is 1. The van der Waals surface area contributed by atoms with Gasteiger partial charge in [0, 0.05) is 12.6 Å². The fraction of sp³-hybridized carbons (Fsp3) is 0.333. The Hall–Kier alpha value is -3.94. The number of rotatable bonds is 6. The smallest absolute Gasteiger partial charge is 0.295 e. The number of benzene rings is 2. The molecule has 8 nitrogen and oxygen atoms in total. The Morgan fingerprint density at radius 1 is 1.20 bits per heavy atom. The van der Waals surface area contributed by atoms with Gasteiger partial charge in [0.25, 0.3) is 11.5 Å². The highest BCUT2D eigenvalue weighted by Gasteiger charge is 2.33. The number of aromatic nitrogens is 2. The fourth-order valence-electron chi connectivity index (χ4n) is 4.71. The van der Waals surface area contributed by atoms with Crippen LogP contribution in [-0.4, -0.2) is 33.9 Å². The summed E-state index contributed by atoms with van der Waals surface area (Å²) in [6, 6.07) is 12.9. The molecular formula is C27H30N4O4. The average Bonchev–Trinajstić information content (AvgIpc) is 2.99. The lowest BCUT2D eigenvalue weighted by Crippen LogP contribution is -2.35. The van der Waals surface area contributed by atoms with E-state index in [1.807, 2.05) is 37.3 Å². The Labute approximate surface area is 204 Å². The topological polar surface area (TPSA) is 106 Å². The molecule has 1 unspecified atom stereocenters. The number of nitrogens with zero attached hydrogens (tertiary/aromatic N) is 2. The molecule has 2 aromatic carbocycles. The predicted molar refractivity (Wildman–Crippen MR) is 135 cm³/mol. The van der Waals surface area contributed by atoms with Crippen LogP contribution in [0.25, 0.3) is 5.69 Å². The minimum absolute atomic E-state index is 0.111. The molecule has 0 spiro atoms. The van der Waals surface area contributed by atoms with E-state index < -0.39 is 11.8 Å². The molecule has 0 radical (unpaired) electrons. The number of amides is 1. The molecule has 3 aromatic rings. The van der Waals surface area contributed by atoms with Gasteiger partial charge in [-0.05, 0) is 68.0 Å². The summed E-state index contributed by atoms with van der Waals surface area (Å²) >= 11 is 0. The zero-order valence-electron chi connectivity index (χ0n) is 20.5. The second-order valence-corrected chi connectivity index (χ2v) is 8.78. The molecule has 1 aromatic heterocycles. The third-order valence-corrected chi connectivity index (χ3v) is 6.82. The van der Waals surface area contributed by atoms with Crippen molar-refractivity contribution in [1.29, 1.82) is 5.41 Å². The van der Waals surface area contributed by atoms with Crippen molar-refractivity contribution in [2.75, 3.05) is 12.4 Å². The van der Waals surface area contributed by atoms with Gasteiger partial charge in [0.1, 0.15) is 17.1 Å². The molecule has 35 heavy (non-hydrogen) atoms. The first-order chi connectivity index (χ1) is 16.8. The number of carbonyl (C=O) groups excluding carboxylic acids is 2. The van der Waals surface area contributed by atoms with Crippen LogP contribution in [0.4, 0.5) is 5.69 Å². The van der Waals surface area contributed by atoms with Crippen molar-refractivity contribution in [1.82, 2.24) is 9.36 Å². The first-order valence-electron chi connectivity index (χ1n) is 11.8. The number of carbonyl (C=O) groups is 2. The van der Waals surface area contributed by atoms with Crippen molar-refractivity contribution in [2.45, 2.75) is 39.5 Å². The Kier molecular flexibility index (Phi) is 6.73. The van der Waals surface area contributed by atoms with Gasteiger partial charge in [-0.15, -0.1) is 0 Å². The van der Waals surface area contributed by atoms with Crippen LogP contribution in [-0.2, 0) is 24.7 Å². The van der Waals surface area contributed by atoms with Gasteiger partial charge in [-0.25, -0.2) is 4.68 Å². The summed E-state index contributed by atoms with van der Waals surface area (Å²) in [6.45, 7) is 3.76. The molecule has 0 fully saturated rings. The Morgan fingerprint density at radius 3 is 2.66 bits per heavy atom. The highest BCUT2D eigenvalue weighted by molar-refractivity contribution is 6.46. The normalized spacial score (nSPS) is 15.3. The number of anilines is 1. The van der Waals surface area contributed by atoms with Crippen molar-refractivity contribution in [3.8, 4) is 11.4 Å². The van der Waals surface area contributed by atoms with Crippen molar-refractivity contribution in [3.63, 3.8) is 0 Å². The van der Waals surface area contributed by atoms with Gasteiger partial charge in [-0.2, -0.15) is 0 Å². The third kappa shape index (κ3) is 4.32. The highest BCUT2D eigenvalue weighted by Crippen LogP contribution is 2.29. The second-order valence-electron chi connectivity index (χ2n) is 8.78. The summed E-state index contributed by atoms with van der Waals surface area (Å²) in [5.74, 6) is -1.18. The van der Waals surface area contributed by atoms with Crippen LogP contribution in [0.5, 0.6) is 5.75 Å². The number of aryl methyl sites for hydroxylation is 2. The third-order valence-electron chi connectivity index (χ3n) is 6.82. The maximum Gasteiger partial charge on any atom is 0.295 e. The summed E-state index contributed by atoms with van der Waals surface area (Å²) in [7, 11) is 3.33. The van der Waals surface area contributed by atoms with Crippen LogP contribution >= 0.6 is 0 Å². The molecule has 1 heterocycles. The molecule has 0 bridgehead atoms. The number of hydrogen-bond acceptors (Lipinski definition) is 5. The lowest BCUT2D eigenvalue weighted by atomic mass is 9.90. The van der Waals surface area contributed by atoms with Crippen LogP contribution in [0.1, 0.15) is 46.9 Å². The molecule has 1 atom stereocenters. The molecule has 8 heteroatoms. The highest BCUT2D eigenvalue weighted by atomic mass is 16.5. The number of Topliss-reactive ketones (excluding diaryl/α,β-unsaturated/α-hetero) is 1. The quantitative estimate of drug-likeness (QED) is 0.418. The van der Waals surface area contributed by atoms with Gasteiger partial charge >= 0.3 is 0 Å². The van der Waals surface area contributed by atoms with Crippen molar-refractivity contribution >= 4 is 23.1 Å². The first-order valence-corrected chi connectivity index (χ1v) is 11.8. The number of methoxy groups -OCH3 is 1. The van der Waals surface area contributed by atoms with Gasteiger partial charge in [0.15, 0.2) is 5.78 Å². The van der Waals surface area contributed by atoms with Crippen molar-refractivity contribution < 1.29 is 14.3 Å². The zero-order chi connectivity index (χ0) is 25.3. The number of hydrogen-bond donors (Lipinski definition) is 2. The Bertz CT molecular complexity index is 1380. The van der Waals surface area contributed by atoms with Gasteiger partial charge < -0.3 is 10.1 Å². The number of ether oxygens (including phenoxy) is 1. The number of nitrogens with one attached hydrogen (secondary N) is 2. The molecule has 0 saturated carbocycles. The van der Waals surface area contributed by atoms with Gasteiger partial charge in [0.2, 0.25) is 0 Å². The van der Waals surface area contributed by atoms with Gasteiger partial charge in [0.05, 0.1) is 24.4 Å². The summed E-state index contributed by atoms with van der Waals surface area (Å²) < 4.78 is 8.48. The van der Waals surface area contributed by atoms with Crippen molar-refractivity contribution in [3.05, 3.63) is 75.2 Å². The summed E-state index contributed by atoms with van der Waals surface area (Å²) in [5.41, 5.74) is 3.08. The maximum atomic E-state index is 13.3. The van der Waals surface area contributed by atoms with Crippen LogP contribution in [0.2, 0.25) is 0 Å². The molecular weight excluding hydrogens is 444 g/mol. The van der Waals surface area contributed by atoms with E-state index in [-0.39, 0.29) is 22.7 Å². The second kappa shape index (κ2) is 9.74. The molecule has 1 aliphatic rings. The Balaban J connectivity index is 1.62. The van der Waals surface area contributed by atoms with E-state index in [4.69, 9.17) is 10.1 Å². The lowest BCUT2D eigenvalue weighted by Gasteiger charge is -2.15. The minimum Gasteiger partial charge on any atom is -0.497 e.